The molecule has 80 valence electrons. The molecule has 1 nitrogen and oxygen atoms in total. The van der Waals surface area contributed by atoms with E-state index in [1.165, 1.54) is 44.9 Å². The first-order valence-corrected chi connectivity index (χ1v) is 6.19. The molecule has 0 saturated heterocycles. The fraction of sp³-hybridized carbons (Fsp3) is 0.846. The Morgan fingerprint density at radius 1 is 1.07 bits per heavy atom. The summed E-state index contributed by atoms with van der Waals surface area (Å²) in [4.78, 5) is 0. The molecule has 4 atom stereocenters. The highest BCUT2D eigenvalue weighted by molar-refractivity contribution is 4.93. The molecule has 2 rings (SSSR count). The first-order valence-electron chi connectivity index (χ1n) is 6.19. The number of rotatable bonds is 2. The Kier molecular flexibility index (Phi) is 3.27. The van der Waals surface area contributed by atoms with Gasteiger partial charge in [0.1, 0.15) is 0 Å². The van der Waals surface area contributed by atoms with Gasteiger partial charge in [-0.25, -0.2) is 0 Å². The monoisotopic (exact) mass is 193 g/mol. The normalized spacial score (nSPS) is 39.9. The molecule has 14 heavy (non-hydrogen) atoms. The summed E-state index contributed by atoms with van der Waals surface area (Å²) in [6.07, 6.45) is 12.0. The Labute approximate surface area is 87.8 Å². The fourth-order valence-electron chi connectivity index (χ4n) is 3.45. The molecule has 2 aliphatic carbocycles. The average Bonchev–Trinajstić information content (AvgIpc) is 2.27. The van der Waals surface area contributed by atoms with Gasteiger partial charge in [0.15, 0.2) is 0 Å². The van der Waals surface area contributed by atoms with E-state index in [-0.39, 0.29) is 6.04 Å². The lowest BCUT2D eigenvalue weighted by Crippen LogP contribution is -2.36. The Balaban J connectivity index is 1.92. The summed E-state index contributed by atoms with van der Waals surface area (Å²) in [6.45, 7) is 3.81. The second kappa shape index (κ2) is 4.48. The molecule has 0 heterocycles. The average molecular weight is 193 g/mol. The number of hydrogen-bond acceptors (Lipinski definition) is 1. The van der Waals surface area contributed by atoms with Gasteiger partial charge in [-0.1, -0.05) is 31.8 Å². The maximum Gasteiger partial charge on any atom is 0.0249 e. The van der Waals surface area contributed by atoms with E-state index in [9.17, 15) is 0 Å². The Morgan fingerprint density at radius 2 is 1.79 bits per heavy atom. The summed E-state index contributed by atoms with van der Waals surface area (Å²) in [7, 11) is 0. The van der Waals surface area contributed by atoms with Crippen molar-refractivity contribution in [3.63, 3.8) is 0 Å². The van der Waals surface area contributed by atoms with Crippen LogP contribution in [0, 0.1) is 17.8 Å². The molecular formula is C13H23N. The highest BCUT2D eigenvalue weighted by atomic mass is 14.6. The minimum absolute atomic E-state index is 0.248. The van der Waals surface area contributed by atoms with Crippen molar-refractivity contribution >= 4 is 0 Å². The van der Waals surface area contributed by atoms with Crippen molar-refractivity contribution in [2.24, 2.45) is 23.5 Å². The maximum absolute atomic E-state index is 6.05. The van der Waals surface area contributed by atoms with Crippen LogP contribution in [0.2, 0.25) is 0 Å². The first kappa shape index (κ1) is 10.2. The van der Waals surface area contributed by atoms with Gasteiger partial charge in [-0.05, 0) is 37.0 Å². The van der Waals surface area contributed by atoms with Gasteiger partial charge in [-0.15, -0.1) is 6.58 Å². The SMILES string of the molecule is C=CC(N)C1CCC2CCCCC2C1. The molecule has 2 aliphatic rings. The molecule has 0 aromatic carbocycles. The number of hydrogen-bond donors (Lipinski definition) is 1. The zero-order chi connectivity index (χ0) is 9.97. The topological polar surface area (TPSA) is 26.0 Å². The van der Waals surface area contributed by atoms with E-state index in [2.05, 4.69) is 6.58 Å². The smallest absolute Gasteiger partial charge is 0.0249 e. The molecule has 0 bridgehead atoms. The van der Waals surface area contributed by atoms with Crippen LogP contribution >= 0.6 is 0 Å². The predicted molar refractivity (Wildman–Crippen MR) is 61.0 cm³/mol. The van der Waals surface area contributed by atoms with Crippen molar-refractivity contribution in [3.8, 4) is 0 Å². The van der Waals surface area contributed by atoms with Crippen molar-refractivity contribution in [3.05, 3.63) is 12.7 Å². The summed E-state index contributed by atoms with van der Waals surface area (Å²) in [5, 5.41) is 0. The van der Waals surface area contributed by atoms with Crippen LogP contribution in [0.25, 0.3) is 0 Å². The lowest BCUT2D eigenvalue weighted by Gasteiger charge is -2.40. The molecule has 4 unspecified atom stereocenters. The zero-order valence-electron chi connectivity index (χ0n) is 9.12. The quantitative estimate of drug-likeness (QED) is 0.670. The third-order valence-corrected chi connectivity index (χ3v) is 4.40. The van der Waals surface area contributed by atoms with Crippen LogP contribution in [0.15, 0.2) is 12.7 Å². The number of nitrogens with two attached hydrogens (primary N) is 1. The van der Waals surface area contributed by atoms with Crippen LogP contribution in [-0.4, -0.2) is 6.04 Å². The molecule has 2 fully saturated rings. The lowest BCUT2D eigenvalue weighted by atomic mass is 9.66. The summed E-state index contributed by atoms with van der Waals surface area (Å²) < 4.78 is 0. The minimum atomic E-state index is 0.248. The van der Waals surface area contributed by atoms with Crippen molar-refractivity contribution in [1.82, 2.24) is 0 Å². The standard InChI is InChI=1S/C13H23N/c1-2-13(14)12-8-7-10-5-3-4-6-11(10)9-12/h2,10-13H,1,3-9,14H2. The maximum atomic E-state index is 6.05. The Hall–Kier alpha value is -0.300. The lowest BCUT2D eigenvalue weighted by molar-refractivity contribution is 0.124. The first-order chi connectivity index (χ1) is 6.81. The largest absolute Gasteiger partial charge is 0.324 e. The third-order valence-electron chi connectivity index (χ3n) is 4.40. The molecule has 0 aromatic heterocycles. The van der Waals surface area contributed by atoms with E-state index < -0.39 is 0 Å². The fourth-order valence-corrected chi connectivity index (χ4v) is 3.45. The summed E-state index contributed by atoms with van der Waals surface area (Å²) >= 11 is 0. The molecule has 0 radical (unpaired) electrons. The van der Waals surface area contributed by atoms with Gasteiger partial charge < -0.3 is 5.73 Å². The predicted octanol–water partition coefficient (Wildman–Crippen LogP) is 3.11. The summed E-state index contributed by atoms with van der Waals surface area (Å²) in [6, 6.07) is 0.248. The molecule has 0 spiro atoms. The Morgan fingerprint density at radius 3 is 2.50 bits per heavy atom. The Bertz CT molecular complexity index is 199. The van der Waals surface area contributed by atoms with Crippen molar-refractivity contribution in [2.45, 2.75) is 51.0 Å². The molecule has 0 aromatic rings. The van der Waals surface area contributed by atoms with Crippen LogP contribution < -0.4 is 5.73 Å². The second-order valence-electron chi connectivity index (χ2n) is 5.19. The van der Waals surface area contributed by atoms with Gasteiger partial charge in [0.2, 0.25) is 0 Å². The van der Waals surface area contributed by atoms with Crippen LogP contribution in [0.5, 0.6) is 0 Å². The van der Waals surface area contributed by atoms with Crippen LogP contribution in [0.3, 0.4) is 0 Å². The second-order valence-corrected chi connectivity index (χ2v) is 5.19. The van der Waals surface area contributed by atoms with E-state index in [0.717, 1.165) is 17.8 Å². The highest BCUT2D eigenvalue weighted by Crippen LogP contribution is 2.43. The van der Waals surface area contributed by atoms with Crippen LogP contribution in [0.1, 0.15) is 44.9 Å². The van der Waals surface area contributed by atoms with Crippen molar-refractivity contribution < 1.29 is 0 Å². The van der Waals surface area contributed by atoms with Crippen molar-refractivity contribution in [1.29, 1.82) is 0 Å². The van der Waals surface area contributed by atoms with E-state index in [1.807, 2.05) is 6.08 Å². The molecule has 1 heteroatoms. The molecule has 2 N–H and O–H groups in total. The van der Waals surface area contributed by atoms with Crippen LogP contribution in [-0.2, 0) is 0 Å². The molecule has 2 saturated carbocycles. The third kappa shape index (κ3) is 2.03. The van der Waals surface area contributed by atoms with Gasteiger partial charge in [0.25, 0.3) is 0 Å². The van der Waals surface area contributed by atoms with E-state index >= 15 is 0 Å². The van der Waals surface area contributed by atoms with Gasteiger partial charge in [0.05, 0.1) is 0 Å². The van der Waals surface area contributed by atoms with Gasteiger partial charge in [0, 0.05) is 6.04 Å². The molecule has 0 amide bonds. The van der Waals surface area contributed by atoms with E-state index in [1.54, 1.807) is 0 Å². The van der Waals surface area contributed by atoms with E-state index in [0.29, 0.717) is 0 Å². The van der Waals surface area contributed by atoms with Crippen LogP contribution in [0.4, 0.5) is 0 Å². The summed E-state index contributed by atoms with van der Waals surface area (Å²) in [5.41, 5.74) is 6.05. The number of fused-ring (bicyclic) bond motifs is 1. The van der Waals surface area contributed by atoms with Gasteiger partial charge in [-0.2, -0.15) is 0 Å². The van der Waals surface area contributed by atoms with Gasteiger partial charge >= 0.3 is 0 Å². The van der Waals surface area contributed by atoms with Gasteiger partial charge in [-0.3, -0.25) is 0 Å². The minimum Gasteiger partial charge on any atom is -0.324 e. The summed E-state index contributed by atoms with van der Waals surface area (Å²) in [5.74, 6) is 2.76. The highest BCUT2D eigenvalue weighted by Gasteiger charge is 2.33. The van der Waals surface area contributed by atoms with Crippen molar-refractivity contribution in [2.75, 3.05) is 0 Å². The molecular weight excluding hydrogens is 170 g/mol. The molecule has 0 aliphatic heterocycles. The van der Waals surface area contributed by atoms with E-state index in [4.69, 9.17) is 5.73 Å². The zero-order valence-corrected chi connectivity index (χ0v) is 9.12.